The number of rotatable bonds is 10. The van der Waals surface area contributed by atoms with Crippen molar-refractivity contribution in [3.05, 3.63) is 30.3 Å². The Morgan fingerprint density at radius 2 is 1.91 bits per heavy atom. The number of nitrogens with one attached hydrogen (secondary N) is 1. The number of halogens is 1. The Kier molecular flexibility index (Phi) is 10.9. The second-order valence-corrected chi connectivity index (χ2v) is 4.62. The van der Waals surface area contributed by atoms with Crippen LogP contribution in [0, 0.1) is 0 Å². The molecule has 0 atom stereocenters. The van der Waals surface area contributed by atoms with Crippen molar-refractivity contribution in [1.29, 1.82) is 0 Å². The van der Waals surface area contributed by atoms with Crippen LogP contribution >= 0.6 is 12.4 Å². The lowest BCUT2D eigenvalue weighted by atomic mass is 10.3. The summed E-state index contributed by atoms with van der Waals surface area (Å²) in [7, 11) is 0. The van der Waals surface area contributed by atoms with Gasteiger partial charge < -0.3 is 15.2 Å². The number of para-hydroxylation sites is 1. The highest BCUT2D eigenvalue weighted by Gasteiger charge is 2.12. The molecule has 0 saturated carbocycles. The van der Waals surface area contributed by atoms with E-state index in [2.05, 4.69) is 5.32 Å². The van der Waals surface area contributed by atoms with Crippen LogP contribution in [-0.2, 0) is 9.59 Å². The summed E-state index contributed by atoms with van der Waals surface area (Å²) in [4.78, 5) is 24.0. The maximum Gasteiger partial charge on any atom is 0.317 e. The fraction of sp³-hybridized carbons (Fsp3) is 0.467. The summed E-state index contributed by atoms with van der Waals surface area (Å²) in [6.45, 7) is 3.26. The molecular formula is C15H23ClN2O4. The molecule has 0 aliphatic heterocycles. The van der Waals surface area contributed by atoms with Gasteiger partial charge in [0.25, 0.3) is 0 Å². The van der Waals surface area contributed by atoms with Gasteiger partial charge in [0.2, 0.25) is 5.91 Å². The van der Waals surface area contributed by atoms with E-state index >= 15 is 0 Å². The van der Waals surface area contributed by atoms with E-state index in [1.54, 1.807) is 4.90 Å². The maximum atomic E-state index is 11.7. The van der Waals surface area contributed by atoms with Crippen LogP contribution in [-0.4, -0.2) is 54.7 Å². The fourth-order valence-electron chi connectivity index (χ4n) is 1.86. The molecule has 22 heavy (non-hydrogen) atoms. The third kappa shape index (κ3) is 9.20. The quantitative estimate of drug-likeness (QED) is 0.634. The van der Waals surface area contributed by atoms with Crippen LogP contribution < -0.4 is 10.1 Å². The van der Waals surface area contributed by atoms with Gasteiger partial charge in [-0.05, 0) is 25.1 Å². The maximum absolute atomic E-state index is 11.7. The molecule has 0 fully saturated rings. The first-order valence-corrected chi connectivity index (χ1v) is 7.00. The molecule has 0 aromatic heterocycles. The van der Waals surface area contributed by atoms with E-state index < -0.39 is 5.97 Å². The van der Waals surface area contributed by atoms with Crippen LogP contribution in [0.1, 0.15) is 13.3 Å². The Labute approximate surface area is 136 Å². The molecule has 0 unspecified atom stereocenters. The summed E-state index contributed by atoms with van der Waals surface area (Å²) in [5, 5.41) is 11.5. The second-order valence-electron chi connectivity index (χ2n) is 4.62. The number of carbonyl (C=O) groups is 2. The molecule has 7 heteroatoms. The topological polar surface area (TPSA) is 78.9 Å². The largest absolute Gasteiger partial charge is 0.492 e. The highest BCUT2D eigenvalue weighted by Crippen LogP contribution is 2.07. The smallest absolute Gasteiger partial charge is 0.317 e. The van der Waals surface area contributed by atoms with Gasteiger partial charge in [0.1, 0.15) is 12.4 Å². The molecule has 0 bridgehead atoms. The molecule has 1 aromatic rings. The van der Waals surface area contributed by atoms with Gasteiger partial charge in [-0.3, -0.25) is 14.5 Å². The first-order valence-electron chi connectivity index (χ1n) is 7.00. The molecule has 0 saturated heterocycles. The molecule has 0 heterocycles. The lowest BCUT2D eigenvalue weighted by molar-refractivity contribution is -0.138. The predicted molar refractivity (Wildman–Crippen MR) is 86.6 cm³/mol. The lowest BCUT2D eigenvalue weighted by Crippen LogP contribution is -2.41. The number of amides is 1. The summed E-state index contributed by atoms with van der Waals surface area (Å²) >= 11 is 0. The van der Waals surface area contributed by atoms with Crippen molar-refractivity contribution < 1.29 is 19.4 Å². The van der Waals surface area contributed by atoms with Gasteiger partial charge in [-0.2, -0.15) is 0 Å². The van der Waals surface area contributed by atoms with Crippen molar-refractivity contribution in [2.45, 2.75) is 13.3 Å². The molecule has 0 radical (unpaired) electrons. The van der Waals surface area contributed by atoms with Crippen LogP contribution in [0.3, 0.4) is 0 Å². The number of nitrogens with zero attached hydrogens (tertiary/aromatic N) is 1. The van der Waals surface area contributed by atoms with E-state index in [1.807, 2.05) is 37.3 Å². The van der Waals surface area contributed by atoms with Crippen molar-refractivity contribution in [1.82, 2.24) is 10.2 Å². The molecular weight excluding hydrogens is 308 g/mol. The van der Waals surface area contributed by atoms with Gasteiger partial charge >= 0.3 is 5.97 Å². The number of carboxylic acids is 1. The molecule has 0 spiro atoms. The standard InChI is InChI=1S/C15H22N2O4.ClH/c1-2-9-17(12-15(19)20)11-14(18)16-8-10-21-13-6-4-3-5-7-13;/h3-7H,2,8-12H2,1H3,(H,16,18)(H,19,20);1H. The van der Waals surface area contributed by atoms with Crippen LogP contribution in [0.25, 0.3) is 0 Å². The minimum Gasteiger partial charge on any atom is -0.492 e. The summed E-state index contributed by atoms with van der Waals surface area (Å²) in [5.41, 5.74) is 0. The minimum absolute atomic E-state index is 0. The monoisotopic (exact) mass is 330 g/mol. The van der Waals surface area contributed by atoms with E-state index in [-0.39, 0.29) is 31.4 Å². The highest BCUT2D eigenvalue weighted by molar-refractivity contribution is 5.85. The van der Waals surface area contributed by atoms with Gasteiger partial charge in [-0.25, -0.2) is 0 Å². The third-order valence-corrected chi connectivity index (χ3v) is 2.70. The van der Waals surface area contributed by atoms with Crippen LogP contribution in [0.15, 0.2) is 30.3 Å². The number of hydrogen-bond acceptors (Lipinski definition) is 4. The Hall–Kier alpha value is -1.79. The molecule has 1 rings (SSSR count). The molecule has 0 aliphatic rings. The van der Waals surface area contributed by atoms with Crippen molar-refractivity contribution in [2.24, 2.45) is 0 Å². The van der Waals surface area contributed by atoms with Crippen molar-refractivity contribution in [3.63, 3.8) is 0 Å². The van der Waals surface area contributed by atoms with E-state index in [1.165, 1.54) is 0 Å². The van der Waals surface area contributed by atoms with Gasteiger partial charge in [-0.15, -0.1) is 12.4 Å². The van der Waals surface area contributed by atoms with Crippen LogP contribution in [0.4, 0.5) is 0 Å². The summed E-state index contributed by atoms with van der Waals surface area (Å²) < 4.78 is 5.45. The van der Waals surface area contributed by atoms with E-state index in [0.717, 1.165) is 12.2 Å². The lowest BCUT2D eigenvalue weighted by Gasteiger charge is -2.18. The molecule has 2 N–H and O–H groups in total. The third-order valence-electron chi connectivity index (χ3n) is 2.70. The molecule has 124 valence electrons. The van der Waals surface area contributed by atoms with Gasteiger partial charge in [0.15, 0.2) is 0 Å². The van der Waals surface area contributed by atoms with Gasteiger partial charge in [0.05, 0.1) is 19.6 Å². The average molecular weight is 331 g/mol. The zero-order valence-corrected chi connectivity index (χ0v) is 13.5. The Bertz CT molecular complexity index is 442. The average Bonchev–Trinajstić information content (AvgIpc) is 2.44. The highest BCUT2D eigenvalue weighted by atomic mass is 35.5. The second kappa shape index (κ2) is 11.8. The number of aliphatic carboxylic acids is 1. The van der Waals surface area contributed by atoms with E-state index in [4.69, 9.17) is 9.84 Å². The number of carboxylic acid groups (broad SMARTS) is 1. The first-order chi connectivity index (χ1) is 10.1. The zero-order valence-electron chi connectivity index (χ0n) is 12.7. The first kappa shape index (κ1) is 20.2. The molecule has 6 nitrogen and oxygen atoms in total. The number of carbonyl (C=O) groups excluding carboxylic acids is 1. The van der Waals surface area contributed by atoms with Crippen molar-refractivity contribution >= 4 is 24.3 Å². The zero-order chi connectivity index (χ0) is 15.5. The normalized spacial score (nSPS) is 9.91. The van der Waals surface area contributed by atoms with Crippen LogP contribution in [0.2, 0.25) is 0 Å². The van der Waals surface area contributed by atoms with Gasteiger partial charge in [-0.1, -0.05) is 25.1 Å². The summed E-state index contributed by atoms with van der Waals surface area (Å²) in [6.07, 6.45) is 0.803. The number of ether oxygens (including phenoxy) is 1. The van der Waals surface area contributed by atoms with Gasteiger partial charge in [0, 0.05) is 0 Å². The number of hydrogen-bond donors (Lipinski definition) is 2. The Morgan fingerprint density at radius 1 is 1.23 bits per heavy atom. The minimum atomic E-state index is -0.927. The van der Waals surface area contributed by atoms with Crippen molar-refractivity contribution in [3.8, 4) is 5.75 Å². The van der Waals surface area contributed by atoms with Crippen molar-refractivity contribution in [2.75, 3.05) is 32.8 Å². The Morgan fingerprint density at radius 3 is 2.50 bits per heavy atom. The summed E-state index contributed by atoms with van der Waals surface area (Å²) in [5.74, 6) is -0.366. The Balaban J connectivity index is 0.00000441. The van der Waals surface area contributed by atoms with Crippen LogP contribution in [0.5, 0.6) is 5.75 Å². The summed E-state index contributed by atoms with van der Waals surface area (Å²) in [6, 6.07) is 9.35. The molecule has 0 aliphatic carbocycles. The molecule has 1 aromatic carbocycles. The molecule has 1 amide bonds. The van der Waals surface area contributed by atoms with E-state index in [0.29, 0.717) is 19.7 Å². The van der Waals surface area contributed by atoms with E-state index in [9.17, 15) is 9.59 Å². The number of benzene rings is 1. The fourth-order valence-corrected chi connectivity index (χ4v) is 1.86. The SMILES string of the molecule is CCCN(CC(=O)O)CC(=O)NCCOc1ccccc1.Cl. The predicted octanol–water partition coefficient (Wildman–Crippen LogP) is 1.40.